The third kappa shape index (κ3) is 2.47. The van der Waals surface area contributed by atoms with E-state index in [1.54, 1.807) is 30.3 Å². The second-order valence-corrected chi connectivity index (χ2v) is 3.89. The van der Waals surface area contributed by atoms with Crippen molar-refractivity contribution < 1.29 is 18.6 Å². The van der Waals surface area contributed by atoms with E-state index in [0.717, 1.165) is 0 Å². The summed E-state index contributed by atoms with van der Waals surface area (Å²) >= 11 is 0. The van der Waals surface area contributed by atoms with Crippen molar-refractivity contribution in [2.24, 2.45) is 0 Å². The van der Waals surface area contributed by atoms with Gasteiger partial charge in [0.1, 0.15) is 5.82 Å². The molecule has 2 rings (SSSR count). The lowest BCUT2D eigenvalue weighted by Crippen LogP contribution is -1.96. The van der Waals surface area contributed by atoms with E-state index < -0.39 is 0 Å². The zero-order valence-electron chi connectivity index (χ0n) is 11.1. The van der Waals surface area contributed by atoms with Gasteiger partial charge < -0.3 is 14.2 Å². The van der Waals surface area contributed by atoms with Crippen molar-refractivity contribution >= 4 is 0 Å². The molecule has 0 heterocycles. The molecule has 0 amide bonds. The fourth-order valence-electron chi connectivity index (χ4n) is 1.93. The van der Waals surface area contributed by atoms with Gasteiger partial charge in [-0.2, -0.15) is 0 Å². The lowest BCUT2D eigenvalue weighted by atomic mass is 10.0. The Bertz CT molecular complexity index is 556. The summed E-state index contributed by atoms with van der Waals surface area (Å²) in [4.78, 5) is 0. The second kappa shape index (κ2) is 5.61. The van der Waals surface area contributed by atoms with Crippen LogP contribution in [-0.2, 0) is 0 Å². The van der Waals surface area contributed by atoms with Gasteiger partial charge in [-0.3, -0.25) is 0 Å². The average molecular weight is 262 g/mol. The Balaban J connectivity index is 2.63. The lowest BCUT2D eigenvalue weighted by Gasteiger charge is -2.14. The van der Waals surface area contributed by atoms with Crippen molar-refractivity contribution in [2.75, 3.05) is 21.3 Å². The molecular formula is C15H15FO3. The molecule has 0 aromatic heterocycles. The average Bonchev–Trinajstić information content (AvgIpc) is 2.46. The largest absolute Gasteiger partial charge is 0.493 e. The van der Waals surface area contributed by atoms with Gasteiger partial charge in [-0.25, -0.2) is 4.39 Å². The molecule has 0 bridgehead atoms. The van der Waals surface area contributed by atoms with E-state index in [4.69, 9.17) is 14.2 Å². The second-order valence-electron chi connectivity index (χ2n) is 3.89. The van der Waals surface area contributed by atoms with Gasteiger partial charge in [0.05, 0.1) is 21.3 Å². The van der Waals surface area contributed by atoms with Crippen LogP contribution < -0.4 is 14.2 Å². The summed E-state index contributed by atoms with van der Waals surface area (Å²) in [5.41, 5.74) is 1.16. The molecule has 0 saturated heterocycles. The van der Waals surface area contributed by atoms with Crippen LogP contribution in [-0.4, -0.2) is 21.3 Å². The Morgan fingerprint density at radius 2 is 1.42 bits per heavy atom. The number of ether oxygens (including phenoxy) is 3. The summed E-state index contributed by atoms with van der Waals surface area (Å²) in [6, 6.07) is 9.99. The van der Waals surface area contributed by atoms with E-state index in [-0.39, 0.29) is 5.82 Å². The smallest absolute Gasteiger partial charge is 0.203 e. The third-order valence-electron chi connectivity index (χ3n) is 2.85. The topological polar surface area (TPSA) is 27.7 Å². The number of hydrogen-bond donors (Lipinski definition) is 0. The van der Waals surface area contributed by atoms with Crippen molar-refractivity contribution in [3.05, 3.63) is 42.2 Å². The molecule has 0 atom stereocenters. The molecule has 0 unspecified atom stereocenters. The molecule has 2 aromatic rings. The Kier molecular flexibility index (Phi) is 3.90. The van der Waals surface area contributed by atoms with Crippen LogP contribution in [0, 0.1) is 5.82 Å². The number of halogens is 1. The quantitative estimate of drug-likeness (QED) is 0.843. The number of rotatable bonds is 4. The minimum absolute atomic E-state index is 0.295. The molecule has 19 heavy (non-hydrogen) atoms. The van der Waals surface area contributed by atoms with Crippen molar-refractivity contribution in [2.45, 2.75) is 0 Å². The maximum atomic E-state index is 13.8. The molecular weight excluding hydrogens is 247 g/mol. The van der Waals surface area contributed by atoms with Crippen LogP contribution in [0.25, 0.3) is 11.1 Å². The first kappa shape index (κ1) is 13.2. The number of methoxy groups -OCH3 is 3. The predicted octanol–water partition coefficient (Wildman–Crippen LogP) is 3.52. The van der Waals surface area contributed by atoms with E-state index in [9.17, 15) is 4.39 Å². The lowest BCUT2D eigenvalue weighted by molar-refractivity contribution is 0.324. The highest BCUT2D eigenvalue weighted by Gasteiger charge is 2.15. The Morgan fingerprint density at radius 1 is 0.842 bits per heavy atom. The molecule has 3 nitrogen and oxygen atoms in total. The van der Waals surface area contributed by atoms with Crippen LogP contribution >= 0.6 is 0 Å². The van der Waals surface area contributed by atoms with Gasteiger partial charge in [-0.1, -0.05) is 18.2 Å². The Labute approximate surface area is 111 Å². The van der Waals surface area contributed by atoms with Gasteiger partial charge >= 0.3 is 0 Å². The molecule has 0 aliphatic heterocycles. The minimum atomic E-state index is -0.295. The normalized spacial score (nSPS) is 10.1. The van der Waals surface area contributed by atoms with Crippen molar-refractivity contribution in [1.29, 1.82) is 0 Å². The van der Waals surface area contributed by atoms with Gasteiger partial charge in [-0.15, -0.1) is 0 Å². The van der Waals surface area contributed by atoms with Crippen LogP contribution in [0.15, 0.2) is 36.4 Å². The van der Waals surface area contributed by atoms with Crippen LogP contribution in [0.2, 0.25) is 0 Å². The summed E-state index contributed by atoms with van der Waals surface area (Å²) < 4.78 is 29.6. The van der Waals surface area contributed by atoms with Crippen molar-refractivity contribution in [3.63, 3.8) is 0 Å². The maximum absolute atomic E-state index is 13.8. The van der Waals surface area contributed by atoms with E-state index in [2.05, 4.69) is 0 Å². The molecule has 0 N–H and O–H groups in total. The molecule has 0 spiro atoms. The summed E-state index contributed by atoms with van der Waals surface area (Å²) in [6.07, 6.45) is 0. The summed E-state index contributed by atoms with van der Waals surface area (Å²) in [6.45, 7) is 0. The van der Waals surface area contributed by atoms with Crippen LogP contribution in [0.5, 0.6) is 17.2 Å². The Hall–Kier alpha value is -2.23. The molecule has 0 fully saturated rings. The van der Waals surface area contributed by atoms with Gasteiger partial charge in [0.25, 0.3) is 0 Å². The van der Waals surface area contributed by atoms with Gasteiger partial charge in [0.15, 0.2) is 11.5 Å². The van der Waals surface area contributed by atoms with E-state index >= 15 is 0 Å². The fraction of sp³-hybridized carbons (Fsp3) is 0.200. The first-order valence-corrected chi connectivity index (χ1v) is 5.76. The first-order chi connectivity index (χ1) is 9.21. The van der Waals surface area contributed by atoms with Gasteiger partial charge in [0, 0.05) is 5.56 Å². The summed E-state index contributed by atoms with van der Waals surface area (Å²) in [5.74, 6) is 1.20. The zero-order chi connectivity index (χ0) is 13.8. The molecule has 100 valence electrons. The monoisotopic (exact) mass is 262 g/mol. The highest BCUT2D eigenvalue weighted by Crippen LogP contribution is 2.41. The zero-order valence-corrected chi connectivity index (χ0v) is 11.1. The SMILES string of the molecule is COc1cc(-c2ccccc2F)cc(OC)c1OC. The summed E-state index contributed by atoms with van der Waals surface area (Å²) in [7, 11) is 4.59. The van der Waals surface area contributed by atoms with E-state index in [1.807, 2.05) is 0 Å². The van der Waals surface area contributed by atoms with Crippen molar-refractivity contribution in [1.82, 2.24) is 0 Å². The number of hydrogen-bond acceptors (Lipinski definition) is 3. The molecule has 0 saturated carbocycles. The van der Waals surface area contributed by atoms with Gasteiger partial charge in [0.2, 0.25) is 5.75 Å². The standard InChI is InChI=1S/C15H15FO3/c1-17-13-8-10(9-14(18-2)15(13)19-3)11-6-4-5-7-12(11)16/h4-9H,1-3H3. The third-order valence-corrected chi connectivity index (χ3v) is 2.85. The maximum Gasteiger partial charge on any atom is 0.203 e. The number of benzene rings is 2. The minimum Gasteiger partial charge on any atom is -0.493 e. The summed E-state index contributed by atoms with van der Waals surface area (Å²) in [5, 5.41) is 0. The predicted molar refractivity (Wildman–Crippen MR) is 71.5 cm³/mol. The first-order valence-electron chi connectivity index (χ1n) is 5.76. The Morgan fingerprint density at radius 3 is 1.89 bits per heavy atom. The molecule has 4 heteroatoms. The van der Waals surface area contributed by atoms with Gasteiger partial charge in [-0.05, 0) is 23.8 Å². The van der Waals surface area contributed by atoms with Crippen LogP contribution in [0.3, 0.4) is 0 Å². The highest BCUT2D eigenvalue weighted by atomic mass is 19.1. The highest BCUT2D eigenvalue weighted by molar-refractivity contribution is 5.71. The molecule has 2 aromatic carbocycles. The molecule has 0 aliphatic carbocycles. The van der Waals surface area contributed by atoms with E-state index in [1.165, 1.54) is 27.4 Å². The molecule has 0 aliphatic rings. The molecule has 0 radical (unpaired) electrons. The van der Waals surface area contributed by atoms with Crippen molar-refractivity contribution in [3.8, 4) is 28.4 Å². The van der Waals surface area contributed by atoms with E-state index in [0.29, 0.717) is 28.4 Å². The fourth-order valence-corrected chi connectivity index (χ4v) is 1.93. The van der Waals surface area contributed by atoms with Crippen LogP contribution in [0.4, 0.5) is 4.39 Å². The van der Waals surface area contributed by atoms with Crippen LogP contribution in [0.1, 0.15) is 0 Å².